The van der Waals surface area contributed by atoms with Crippen LogP contribution in [0.4, 0.5) is 5.69 Å². The fourth-order valence-corrected chi connectivity index (χ4v) is 1.51. The van der Waals surface area contributed by atoms with Crippen molar-refractivity contribution in [2.45, 2.75) is 12.8 Å². The van der Waals surface area contributed by atoms with Crippen molar-refractivity contribution in [2.24, 2.45) is 0 Å². The Morgan fingerprint density at radius 1 is 1.33 bits per heavy atom. The molecule has 0 atom stereocenters. The third-order valence-electron chi connectivity index (χ3n) is 1.88. The van der Waals surface area contributed by atoms with Crippen LogP contribution in [0.25, 0.3) is 0 Å². The smallest absolute Gasteiger partial charge is 0.101 e. The van der Waals surface area contributed by atoms with Crippen molar-refractivity contribution in [3.8, 4) is 12.1 Å². The molecule has 0 unspecified atom stereocenters. The number of halogens is 1. The van der Waals surface area contributed by atoms with Crippen molar-refractivity contribution in [1.82, 2.24) is 0 Å². The number of hydrogen-bond acceptors (Lipinski definition) is 3. The summed E-state index contributed by atoms with van der Waals surface area (Å²) in [6.45, 7) is 0.707. The van der Waals surface area contributed by atoms with Crippen LogP contribution >= 0.6 is 15.9 Å². The third-order valence-corrected chi connectivity index (χ3v) is 2.38. The van der Waals surface area contributed by atoms with Crippen LogP contribution in [-0.4, -0.2) is 6.54 Å². The molecule has 3 nitrogen and oxygen atoms in total. The average molecular weight is 264 g/mol. The van der Waals surface area contributed by atoms with E-state index in [1.54, 1.807) is 6.07 Å². The Morgan fingerprint density at radius 3 is 2.80 bits per heavy atom. The molecule has 0 fully saturated rings. The number of hydrogen-bond donors (Lipinski definition) is 1. The molecule has 1 aromatic carbocycles. The van der Waals surface area contributed by atoms with Gasteiger partial charge in [0.05, 0.1) is 17.3 Å². The van der Waals surface area contributed by atoms with E-state index in [0.29, 0.717) is 18.5 Å². The van der Waals surface area contributed by atoms with Crippen LogP contribution < -0.4 is 5.32 Å². The van der Waals surface area contributed by atoms with Gasteiger partial charge < -0.3 is 5.32 Å². The van der Waals surface area contributed by atoms with E-state index in [1.165, 1.54) is 0 Å². The molecule has 1 N–H and O–H groups in total. The predicted molar refractivity (Wildman–Crippen MR) is 62.2 cm³/mol. The third kappa shape index (κ3) is 3.61. The van der Waals surface area contributed by atoms with Gasteiger partial charge in [0, 0.05) is 17.4 Å². The second-order valence-corrected chi connectivity index (χ2v) is 3.91. The Kier molecular flexibility index (Phi) is 4.66. The Labute approximate surface area is 97.5 Å². The van der Waals surface area contributed by atoms with Gasteiger partial charge >= 0.3 is 0 Å². The molecule has 15 heavy (non-hydrogen) atoms. The minimum absolute atomic E-state index is 0.531. The van der Waals surface area contributed by atoms with E-state index in [1.807, 2.05) is 12.1 Å². The largest absolute Gasteiger partial charge is 0.384 e. The van der Waals surface area contributed by atoms with E-state index in [-0.39, 0.29) is 0 Å². The van der Waals surface area contributed by atoms with Crippen LogP contribution in [0.2, 0.25) is 0 Å². The Balaban J connectivity index is 2.64. The summed E-state index contributed by atoms with van der Waals surface area (Å²) in [6, 6.07) is 9.65. The summed E-state index contributed by atoms with van der Waals surface area (Å²) in [5.41, 5.74) is 1.43. The van der Waals surface area contributed by atoms with Crippen molar-refractivity contribution in [2.75, 3.05) is 11.9 Å². The molecule has 0 aliphatic heterocycles. The summed E-state index contributed by atoms with van der Waals surface area (Å²) in [6.07, 6.45) is 1.32. The van der Waals surface area contributed by atoms with E-state index in [4.69, 9.17) is 10.5 Å². The first kappa shape index (κ1) is 11.6. The minimum Gasteiger partial charge on any atom is -0.384 e. The van der Waals surface area contributed by atoms with Crippen molar-refractivity contribution in [3.63, 3.8) is 0 Å². The van der Waals surface area contributed by atoms with Gasteiger partial charge in [-0.3, -0.25) is 0 Å². The molecule has 0 bridgehead atoms. The summed E-state index contributed by atoms with van der Waals surface area (Å²) >= 11 is 3.35. The lowest BCUT2D eigenvalue weighted by atomic mass is 10.2. The van der Waals surface area contributed by atoms with Crippen LogP contribution in [-0.2, 0) is 0 Å². The molecule has 4 heteroatoms. The summed E-state index contributed by atoms with van der Waals surface area (Å²) in [7, 11) is 0. The van der Waals surface area contributed by atoms with Crippen LogP contribution in [0.5, 0.6) is 0 Å². The molecule has 76 valence electrons. The average Bonchev–Trinajstić information content (AvgIpc) is 2.25. The number of nitriles is 2. The number of nitrogens with one attached hydrogen (secondary N) is 1. The maximum atomic E-state index is 8.85. The van der Waals surface area contributed by atoms with E-state index in [2.05, 4.69) is 33.4 Å². The lowest BCUT2D eigenvalue weighted by Gasteiger charge is -2.07. The molecular weight excluding hydrogens is 254 g/mol. The number of rotatable bonds is 4. The summed E-state index contributed by atoms with van der Waals surface area (Å²) < 4.78 is 0.935. The number of benzene rings is 1. The molecule has 0 aromatic heterocycles. The van der Waals surface area contributed by atoms with Gasteiger partial charge in [0.1, 0.15) is 6.07 Å². The molecule has 0 saturated heterocycles. The monoisotopic (exact) mass is 263 g/mol. The second-order valence-electron chi connectivity index (χ2n) is 2.99. The first-order chi connectivity index (χ1) is 7.27. The zero-order valence-corrected chi connectivity index (χ0v) is 9.71. The fraction of sp³-hybridized carbons (Fsp3) is 0.273. The van der Waals surface area contributed by atoms with Gasteiger partial charge in [-0.15, -0.1) is 0 Å². The van der Waals surface area contributed by atoms with Gasteiger partial charge in [-0.25, -0.2) is 0 Å². The molecule has 0 spiro atoms. The summed E-state index contributed by atoms with van der Waals surface area (Å²) in [5.74, 6) is 0. The lowest BCUT2D eigenvalue weighted by molar-refractivity contribution is 0.897. The molecule has 0 amide bonds. The summed E-state index contributed by atoms with van der Waals surface area (Å²) in [4.78, 5) is 0. The van der Waals surface area contributed by atoms with Crippen molar-refractivity contribution >= 4 is 21.6 Å². The van der Waals surface area contributed by atoms with Crippen molar-refractivity contribution in [3.05, 3.63) is 28.2 Å². The lowest BCUT2D eigenvalue weighted by Crippen LogP contribution is -2.02. The highest BCUT2D eigenvalue weighted by Crippen LogP contribution is 2.20. The highest BCUT2D eigenvalue weighted by Gasteiger charge is 2.01. The minimum atomic E-state index is 0.531. The SMILES string of the molecule is N#CCCCNc1cc(Br)ccc1C#N. The normalized spacial score (nSPS) is 9.00. The van der Waals surface area contributed by atoms with E-state index >= 15 is 0 Å². The molecular formula is C11H10BrN3. The van der Waals surface area contributed by atoms with Crippen LogP contribution in [0, 0.1) is 22.7 Å². The van der Waals surface area contributed by atoms with Gasteiger partial charge in [-0.1, -0.05) is 15.9 Å². The van der Waals surface area contributed by atoms with E-state index < -0.39 is 0 Å². The Bertz CT molecular complexity index is 415. The first-order valence-electron chi connectivity index (χ1n) is 4.58. The van der Waals surface area contributed by atoms with Gasteiger partial charge in [0.25, 0.3) is 0 Å². The highest BCUT2D eigenvalue weighted by atomic mass is 79.9. The second kappa shape index (κ2) is 6.06. The van der Waals surface area contributed by atoms with E-state index in [0.717, 1.165) is 16.6 Å². The van der Waals surface area contributed by atoms with Crippen molar-refractivity contribution in [1.29, 1.82) is 10.5 Å². The standard InChI is InChI=1S/C11H10BrN3/c12-10-4-3-9(8-14)11(7-10)15-6-2-1-5-13/h3-4,7,15H,1-2,6H2. The molecule has 0 radical (unpaired) electrons. The Morgan fingerprint density at radius 2 is 2.13 bits per heavy atom. The molecule has 1 aromatic rings. The van der Waals surface area contributed by atoms with Gasteiger partial charge in [-0.2, -0.15) is 10.5 Å². The summed E-state index contributed by atoms with van der Waals surface area (Å²) in [5, 5.41) is 20.4. The maximum absolute atomic E-state index is 8.85. The van der Waals surface area contributed by atoms with Gasteiger partial charge in [0.2, 0.25) is 0 Å². The predicted octanol–water partition coefficient (Wildman–Crippen LogP) is 3.04. The number of unbranched alkanes of at least 4 members (excludes halogenated alkanes) is 1. The van der Waals surface area contributed by atoms with E-state index in [9.17, 15) is 0 Å². The quantitative estimate of drug-likeness (QED) is 0.850. The highest BCUT2D eigenvalue weighted by molar-refractivity contribution is 9.10. The van der Waals surface area contributed by atoms with Gasteiger partial charge in [0.15, 0.2) is 0 Å². The number of anilines is 1. The maximum Gasteiger partial charge on any atom is 0.101 e. The number of nitrogens with zero attached hydrogens (tertiary/aromatic N) is 2. The molecule has 0 heterocycles. The van der Waals surface area contributed by atoms with Crippen LogP contribution in [0.3, 0.4) is 0 Å². The van der Waals surface area contributed by atoms with Crippen LogP contribution in [0.15, 0.2) is 22.7 Å². The molecule has 0 aliphatic rings. The van der Waals surface area contributed by atoms with Gasteiger partial charge in [-0.05, 0) is 24.6 Å². The van der Waals surface area contributed by atoms with Crippen LogP contribution in [0.1, 0.15) is 18.4 Å². The van der Waals surface area contributed by atoms with Crippen molar-refractivity contribution < 1.29 is 0 Å². The molecule has 0 aliphatic carbocycles. The fourth-order valence-electron chi connectivity index (χ4n) is 1.15. The topological polar surface area (TPSA) is 59.6 Å². The first-order valence-corrected chi connectivity index (χ1v) is 5.37. The zero-order chi connectivity index (χ0) is 11.1. The zero-order valence-electron chi connectivity index (χ0n) is 8.13. The molecule has 0 saturated carbocycles. The molecule has 1 rings (SSSR count). The Hall–Kier alpha value is -1.52.